The maximum Gasteiger partial charge on any atom is 0.126 e. The SMILES string of the molecule is Cn1cc(-c2nc(CN3CCCC3CC(C)(C)C)cs2)cn1. The van der Waals surface area contributed by atoms with Crippen LogP contribution < -0.4 is 0 Å². The molecule has 0 radical (unpaired) electrons. The Labute approximate surface area is 137 Å². The van der Waals surface area contributed by atoms with Gasteiger partial charge in [0.15, 0.2) is 0 Å². The van der Waals surface area contributed by atoms with Crippen LogP contribution in [0, 0.1) is 5.41 Å². The Morgan fingerprint density at radius 1 is 1.36 bits per heavy atom. The Balaban J connectivity index is 1.67. The molecule has 0 bridgehead atoms. The highest BCUT2D eigenvalue weighted by Gasteiger charge is 2.28. The monoisotopic (exact) mass is 318 g/mol. The molecule has 1 aliphatic rings. The van der Waals surface area contributed by atoms with E-state index in [1.807, 2.05) is 24.1 Å². The molecule has 1 atom stereocenters. The number of likely N-dealkylation sites (tertiary alicyclic amines) is 1. The fraction of sp³-hybridized carbons (Fsp3) is 0.647. The Morgan fingerprint density at radius 2 is 2.18 bits per heavy atom. The van der Waals surface area contributed by atoms with Gasteiger partial charge in [0.2, 0.25) is 0 Å². The molecule has 5 heteroatoms. The van der Waals surface area contributed by atoms with Crippen molar-refractivity contribution in [2.75, 3.05) is 6.54 Å². The zero-order chi connectivity index (χ0) is 15.7. The highest BCUT2D eigenvalue weighted by molar-refractivity contribution is 7.13. The maximum atomic E-state index is 4.81. The van der Waals surface area contributed by atoms with Crippen LogP contribution in [0.25, 0.3) is 10.6 Å². The molecule has 0 N–H and O–H groups in total. The summed E-state index contributed by atoms with van der Waals surface area (Å²) in [5.74, 6) is 0. The largest absolute Gasteiger partial charge is 0.295 e. The Hall–Kier alpha value is -1.20. The van der Waals surface area contributed by atoms with Crippen molar-refractivity contribution in [3.05, 3.63) is 23.5 Å². The number of hydrogen-bond donors (Lipinski definition) is 0. The molecule has 2 aromatic rings. The number of aryl methyl sites for hydroxylation is 1. The molecule has 120 valence electrons. The van der Waals surface area contributed by atoms with Crippen molar-refractivity contribution in [1.29, 1.82) is 0 Å². The van der Waals surface area contributed by atoms with E-state index in [-0.39, 0.29) is 0 Å². The summed E-state index contributed by atoms with van der Waals surface area (Å²) in [6, 6.07) is 0.712. The van der Waals surface area contributed by atoms with Crippen LogP contribution in [0.3, 0.4) is 0 Å². The van der Waals surface area contributed by atoms with Gasteiger partial charge in [-0.3, -0.25) is 9.58 Å². The summed E-state index contributed by atoms with van der Waals surface area (Å²) in [5.41, 5.74) is 2.71. The second-order valence-corrected chi connectivity index (χ2v) is 8.44. The summed E-state index contributed by atoms with van der Waals surface area (Å²) in [6.07, 6.45) is 7.84. The van der Waals surface area contributed by atoms with Crippen molar-refractivity contribution in [3.63, 3.8) is 0 Å². The van der Waals surface area contributed by atoms with Gasteiger partial charge in [-0.15, -0.1) is 11.3 Å². The third kappa shape index (κ3) is 3.76. The van der Waals surface area contributed by atoms with Crippen LogP contribution in [0.2, 0.25) is 0 Å². The van der Waals surface area contributed by atoms with Crippen molar-refractivity contribution in [1.82, 2.24) is 19.7 Å². The molecule has 22 heavy (non-hydrogen) atoms. The van der Waals surface area contributed by atoms with Gasteiger partial charge in [0.25, 0.3) is 0 Å². The van der Waals surface area contributed by atoms with Gasteiger partial charge in [-0.25, -0.2) is 4.98 Å². The number of nitrogens with zero attached hydrogens (tertiary/aromatic N) is 4. The third-order valence-corrected chi connectivity index (χ3v) is 5.16. The molecule has 3 rings (SSSR count). The van der Waals surface area contributed by atoms with Crippen LogP contribution in [-0.4, -0.2) is 32.3 Å². The summed E-state index contributed by atoms with van der Waals surface area (Å²) in [4.78, 5) is 7.43. The van der Waals surface area contributed by atoms with Crippen LogP contribution in [0.5, 0.6) is 0 Å². The van der Waals surface area contributed by atoms with Crippen molar-refractivity contribution in [3.8, 4) is 10.6 Å². The first-order valence-corrected chi connectivity index (χ1v) is 8.96. The van der Waals surface area contributed by atoms with E-state index >= 15 is 0 Å². The molecular formula is C17H26N4S. The van der Waals surface area contributed by atoms with E-state index in [1.165, 1.54) is 31.5 Å². The normalized spacial score (nSPS) is 19.9. The number of hydrogen-bond acceptors (Lipinski definition) is 4. The minimum absolute atomic E-state index is 0.399. The lowest BCUT2D eigenvalue weighted by atomic mass is 9.87. The maximum absolute atomic E-state index is 4.81. The van der Waals surface area contributed by atoms with Crippen LogP contribution in [-0.2, 0) is 13.6 Å². The van der Waals surface area contributed by atoms with Gasteiger partial charge in [-0.05, 0) is 31.2 Å². The summed E-state index contributed by atoms with van der Waals surface area (Å²) >= 11 is 1.72. The second kappa shape index (κ2) is 6.13. The van der Waals surface area contributed by atoms with E-state index in [0.717, 1.165) is 17.1 Å². The second-order valence-electron chi connectivity index (χ2n) is 7.58. The van der Waals surface area contributed by atoms with Crippen LogP contribution in [0.15, 0.2) is 17.8 Å². The molecular weight excluding hydrogens is 292 g/mol. The first-order chi connectivity index (χ1) is 10.4. The fourth-order valence-corrected chi connectivity index (χ4v) is 4.08. The Kier molecular flexibility index (Phi) is 4.37. The van der Waals surface area contributed by atoms with Gasteiger partial charge in [-0.1, -0.05) is 20.8 Å². The standard InChI is InChI=1S/C17H26N4S/c1-17(2,3)8-15-6-5-7-21(15)11-14-12-22-16(19-14)13-9-18-20(4)10-13/h9-10,12,15H,5-8,11H2,1-4H3. The van der Waals surface area contributed by atoms with E-state index in [9.17, 15) is 0 Å². The molecule has 0 aromatic carbocycles. The van der Waals surface area contributed by atoms with Crippen molar-refractivity contribution in [2.24, 2.45) is 12.5 Å². The number of thiazole rings is 1. The average Bonchev–Trinajstić information content (AvgIpc) is 3.11. The fourth-order valence-electron chi connectivity index (χ4n) is 3.29. The van der Waals surface area contributed by atoms with E-state index < -0.39 is 0 Å². The van der Waals surface area contributed by atoms with Crippen molar-refractivity contribution >= 4 is 11.3 Å². The molecule has 1 unspecified atom stereocenters. The summed E-state index contributed by atoms with van der Waals surface area (Å²) in [5, 5.41) is 7.51. The number of rotatable bonds is 4. The topological polar surface area (TPSA) is 34.0 Å². The van der Waals surface area contributed by atoms with Gasteiger partial charge in [-0.2, -0.15) is 5.10 Å². The zero-order valence-electron chi connectivity index (χ0n) is 14.0. The van der Waals surface area contributed by atoms with Gasteiger partial charge >= 0.3 is 0 Å². The molecule has 1 saturated heterocycles. The smallest absolute Gasteiger partial charge is 0.126 e. The third-order valence-electron chi connectivity index (χ3n) is 4.22. The van der Waals surface area contributed by atoms with E-state index in [0.29, 0.717) is 11.5 Å². The van der Waals surface area contributed by atoms with Gasteiger partial charge in [0.1, 0.15) is 5.01 Å². The lowest BCUT2D eigenvalue weighted by molar-refractivity contribution is 0.184. The minimum Gasteiger partial charge on any atom is -0.295 e. The summed E-state index contributed by atoms with van der Waals surface area (Å²) in [6.45, 7) is 9.21. The van der Waals surface area contributed by atoms with E-state index in [2.05, 4.69) is 36.1 Å². The molecule has 0 spiro atoms. The molecule has 1 fully saturated rings. The Bertz CT molecular complexity index is 623. The van der Waals surface area contributed by atoms with Crippen molar-refractivity contribution < 1.29 is 0 Å². The van der Waals surface area contributed by atoms with Gasteiger partial charge in [0.05, 0.1) is 11.9 Å². The molecule has 0 saturated carbocycles. The summed E-state index contributed by atoms with van der Waals surface area (Å²) in [7, 11) is 1.94. The highest BCUT2D eigenvalue weighted by Crippen LogP contribution is 2.31. The lowest BCUT2D eigenvalue weighted by Crippen LogP contribution is -2.32. The Morgan fingerprint density at radius 3 is 2.86 bits per heavy atom. The van der Waals surface area contributed by atoms with Gasteiger partial charge in [0, 0.05) is 36.8 Å². The van der Waals surface area contributed by atoms with Crippen LogP contribution >= 0.6 is 11.3 Å². The highest BCUT2D eigenvalue weighted by atomic mass is 32.1. The summed E-state index contributed by atoms with van der Waals surface area (Å²) < 4.78 is 1.83. The van der Waals surface area contributed by atoms with E-state index in [4.69, 9.17) is 4.98 Å². The average molecular weight is 318 g/mol. The molecule has 2 aromatic heterocycles. The molecule has 0 amide bonds. The molecule has 1 aliphatic heterocycles. The van der Waals surface area contributed by atoms with E-state index in [1.54, 1.807) is 11.3 Å². The predicted octanol–water partition coefficient (Wildman–Crippen LogP) is 3.94. The van der Waals surface area contributed by atoms with Crippen LogP contribution in [0.4, 0.5) is 0 Å². The predicted molar refractivity (Wildman–Crippen MR) is 91.8 cm³/mol. The van der Waals surface area contributed by atoms with Crippen molar-refractivity contribution in [2.45, 2.75) is 52.6 Å². The minimum atomic E-state index is 0.399. The molecule has 4 nitrogen and oxygen atoms in total. The quantitative estimate of drug-likeness (QED) is 0.856. The first kappa shape index (κ1) is 15.7. The number of aromatic nitrogens is 3. The molecule has 0 aliphatic carbocycles. The zero-order valence-corrected chi connectivity index (χ0v) is 14.9. The first-order valence-electron chi connectivity index (χ1n) is 8.08. The van der Waals surface area contributed by atoms with Crippen LogP contribution in [0.1, 0.15) is 45.7 Å². The lowest BCUT2D eigenvalue weighted by Gasteiger charge is -2.29. The molecule has 3 heterocycles. The van der Waals surface area contributed by atoms with Gasteiger partial charge < -0.3 is 0 Å².